The molecule has 1 atom stereocenters. The number of methoxy groups -OCH3 is 1. The molecule has 0 aromatic heterocycles. The van der Waals surface area contributed by atoms with Crippen LogP contribution in [0.4, 0.5) is 0 Å². The Morgan fingerprint density at radius 3 is 2.38 bits per heavy atom. The van der Waals surface area contributed by atoms with Crippen LogP contribution in [0.1, 0.15) is 27.7 Å². The van der Waals surface area contributed by atoms with Crippen LogP contribution in [0.3, 0.4) is 0 Å². The molecule has 0 spiro atoms. The second-order valence-corrected chi connectivity index (χ2v) is 6.20. The molecular weight excluding hydrogens is 222 g/mol. The third-order valence-electron chi connectivity index (χ3n) is 1.87. The molecule has 0 aliphatic carbocycles. The van der Waals surface area contributed by atoms with Crippen LogP contribution < -0.4 is 4.74 Å². The van der Waals surface area contributed by atoms with Crippen molar-refractivity contribution in [1.82, 2.24) is 0 Å². The predicted octanol–water partition coefficient (Wildman–Crippen LogP) is 2.58. The summed E-state index contributed by atoms with van der Waals surface area (Å²) in [7, 11) is 0.177. The van der Waals surface area contributed by atoms with Crippen molar-refractivity contribution in [2.24, 2.45) is 4.40 Å². The molecule has 1 unspecified atom stereocenters. The summed E-state index contributed by atoms with van der Waals surface area (Å²) in [5, 5.41) is 0. The minimum atomic E-state index is -1.41. The molecule has 4 heteroatoms. The number of ether oxygens (including phenoxy) is 1. The average Bonchev–Trinajstić information content (AvgIpc) is 2.27. The molecule has 0 saturated heterocycles. The van der Waals surface area contributed by atoms with E-state index in [2.05, 4.69) is 4.40 Å². The van der Waals surface area contributed by atoms with Gasteiger partial charge in [0.2, 0.25) is 0 Å². The number of hydrogen-bond acceptors (Lipinski definition) is 2. The van der Waals surface area contributed by atoms with E-state index in [-0.39, 0.29) is 6.19 Å². The van der Waals surface area contributed by atoms with Gasteiger partial charge in [-0.1, -0.05) is 0 Å². The highest BCUT2D eigenvalue weighted by atomic mass is 32.2. The highest BCUT2D eigenvalue weighted by Gasteiger charge is 2.17. The van der Waals surface area contributed by atoms with Gasteiger partial charge in [-0.2, -0.15) is 4.40 Å². The second kappa shape index (κ2) is 5.25. The maximum Gasteiger partial charge on any atom is 0.144 e. The minimum absolute atomic E-state index is 0.0286. The molecule has 0 fully saturated rings. The Balaban J connectivity index is 2.92. The number of hydrogen-bond donors (Lipinski definition) is 0. The minimum Gasteiger partial charge on any atom is -0.497 e. The van der Waals surface area contributed by atoms with Gasteiger partial charge in [0.05, 0.1) is 13.2 Å². The molecule has 0 heterocycles. The molecule has 1 aromatic rings. The topological polar surface area (TPSA) is 38.7 Å². The highest BCUT2D eigenvalue weighted by Crippen LogP contribution is 2.13. The van der Waals surface area contributed by atoms with E-state index in [0.717, 1.165) is 5.75 Å². The van der Waals surface area contributed by atoms with Crippen molar-refractivity contribution in [3.8, 4) is 5.75 Å². The van der Waals surface area contributed by atoms with Crippen LogP contribution in [0.25, 0.3) is 0 Å². The summed E-state index contributed by atoms with van der Waals surface area (Å²) in [6.45, 7) is 5.48. The number of nitrogens with zero attached hydrogens (tertiary/aromatic N) is 1. The smallest absolute Gasteiger partial charge is 0.144 e. The van der Waals surface area contributed by atoms with Crippen LogP contribution in [0, 0.1) is 0 Å². The fraction of sp³-hybridized carbons (Fsp3) is 0.417. The van der Waals surface area contributed by atoms with Crippen molar-refractivity contribution in [3.63, 3.8) is 0 Å². The zero-order valence-corrected chi connectivity index (χ0v) is 10.8. The van der Waals surface area contributed by atoms with E-state index in [1.54, 1.807) is 31.4 Å². The lowest BCUT2D eigenvalue weighted by molar-refractivity contribution is 0.415. The lowest BCUT2D eigenvalue weighted by atomic mass is 10.2. The third kappa shape index (κ3) is 3.77. The van der Waals surface area contributed by atoms with Gasteiger partial charge in [-0.25, -0.2) is 4.21 Å². The van der Waals surface area contributed by atoms with E-state index in [1.165, 1.54) is 0 Å². The zero-order valence-electron chi connectivity index (χ0n) is 11.0. The van der Waals surface area contributed by atoms with Gasteiger partial charge >= 0.3 is 0 Å². The lowest BCUT2D eigenvalue weighted by Crippen LogP contribution is -2.19. The maximum atomic E-state index is 11.8. The molecule has 0 radical (unpaired) electrons. The van der Waals surface area contributed by atoms with E-state index in [4.69, 9.17) is 6.11 Å². The van der Waals surface area contributed by atoms with Gasteiger partial charge in [-0.3, -0.25) is 0 Å². The predicted molar refractivity (Wildman–Crippen MR) is 68.5 cm³/mol. The lowest BCUT2D eigenvalue weighted by Gasteiger charge is -2.12. The highest BCUT2D eigenvalue weighted by molar-refractivity contribution is 7.85. The average molecular weight is 240 g/mol. The van der Waals surface area contributed by atoms with Gasteiger partial charge in [0.1, 0.15) is 16.7 Å². The summed E-state index contributed by atoms with van der Waals surface area (Å²) in [5.74, 6) is 0.721. The first-order valence-corrected chi connectivity index (χ1v) is 6.07. The van der Waals surface area contributed by atoms with Gasteiger partial charge in [0.25, 0.3) is 0 Å². The summed E-state index contributed by atoms with van der Waals surface area (Å²) in [6.07, 6.45) is 0.0286. The Morgan fingerprint density at radius 1 is 1.38 bits per heavy atom. The van der Waals surface area contributed by atoms with Crippen LogP contribution >= 0.6 is 0 Å². The standard InChI is InChI=1S/C12H17NO2S/c1-12(2,3)16(14)13-9-10-5-7-11(15-4)8-6-10/h5-9H,1-4H3/b13-9+/i9D. The Labute approximate surface area is 101 Å². The molecule has 1 rings (SSSR count). The van der Waals surface area contributed by atoms with Crippen LogP contribution in [0.15, 0.2) is 28.7 Å². The fourth-order valence-electron chi connectivity index (χ4n) is 0.897. The van der Waals surface area contributed by atoms with Gasteiger partial charge in [-0.15, -0.1) is 0 Å². The largest absolute Gasteiger partial charge is 0.497 e. The van der Waals surface area contributed by atoms with Gasteiger partial charge in [0, 0.05) is 6.19 Å². The van der Waals surface area contributed by atoms with Crippen LogP contribution in [-0.4, -0.2) is 22.3 Å². The summed E-state index contributed by atoms with van der Waals surface area (Å²) >= 11 is 0. The molecule has 0 aliphatic rings. The Kier molecular flexibility index (Phi) is 3.72. The Morgan fingerprint density at radius 2 is 1.94 bits per heavy atom. The van der Waals surface area contributed by atoms with Gasteiger partial charge in [-0.05, 0) is 50.6 Å². The molecule has 0 saturated carbocycles. The van der Waals surface area contributed by atoms with Crippen molar-refractivity contribution in [2.45, 2.75) is 25.5 Å². The van der Waals surface area contributed by atoms with Gasteiger partial charge in [0.15, 0.2) is 0 Å². The second-order valence-electron chi connectivity index (χ2n) is 4.29. The van der Waals surface area contributed by atoms with Crippen molar-refractivity contribution in [1.29, 1.82) is 0 Å². The normalized spacial score (nSPS) is 15.5. The molecule has 0 aliphatic heterocycles. The quantitative estimate of drug-likeness (QED) is 0.762. The van der Waals surface area contributed by atoms with Crippen molar-refractivity contribution < 1.29 is 10.3 Å². The molecule has 0 amide bonds. The van der Waals surface area contributed by atoms with E-state index >= 15 is 0 Å². The third-order valence-corrected chi connectivity index (χ3v) is 3.18. The first-order chi connectivity index (χ1) is 7.84. The maximum absolute atomic E-state index is 11.8. The van der Waals surface area contributed by atoms with Crippen molar-refractivity contribution in [3.05, 3.63) is 29.8 Å². The SMILES string of the molecule is [2H]/C(=N\S(=O)C(C)(C)C)c1ccc(OC)cc1. The molecule has 1 aromatic carbocycles. The molecule has 0 bridgehead atoms. The van der Waals surface area contributed by atoms with Crippen molar-refractivity contribution in [2.75, 3.05) is 7.11 Å². The molecule has 0 N–H and O–H groups in total. The summed E-state index contributed by atoms with van der Waals surface area (Å²) in [5.41, 5.74) is 0.628. The Hall–Kier alpha value is -1.16. The van der Waals surface area contributed by atoms with E-state index < -0.39 is 15.7 Å². The van der Waals surface area contributed by atoms with Crippen LogP contribution in [-0.2, 0) is 11.0 Å². The number of benzene rings is 1. The van der Waals surface area contributed by atoms with Crippen LogP contribution in [0.5, 0.6) is 5.75 Å². The molecule has 3 nitrogen and oxygen atoms in total. The van der Waals surface area contributed by atoms with E-state index in [9.17, 15) is 4.21 Å². The fourth-order valence-corrected chi connectivity index (χ4v) is 1.36. The number of rotatable bonds is 3. The van der Waals surface area contributed by atoms with E-state index in [1.807, 2.05) is 20.8 Å². The monoisotopic (exact) mass is 240 g/mol. The molecular formula is C12H17NO2S. The van der Waals surface area contributed by atoms with E-state index in [0.29, 0.717) is 5.56 Å². The molecule has 16 heavy (non-hydrogen) atoms. The summed E-state index contributed by atoms with van der Waals surface area (Å²) < 4.78 is 28.0. The van der Waals surface area contributed by atoms with Gasteiger partial charge < -0.3 is 4.74 Å². The molecule has 88 valence electrons. The van der Waals surface area contributed by atoms with Crippen LogP contribution in [0.2, 0.25) is 0 Å². The zero-order chi connectivity index (χ0) is 13.1. The van der Waals surface area contributed by atoms with Crippen molar-refractivity contribution >= 4 is 17.2 Å². The summed E-state index contributed by atoms with van der Waals surface area (Å²) in [6, 6.07) is 6.95. The Bertz CT molecular complexity index is 435. The first kappa shape index (κ1) is 11.3. The first-order valence-electron chi connectivity index (χ1n) is 5.46. The summed E-state index contributed by atoms with van der Waals surface area (Å²) in [4.78, 5) is 0.